The molecule has 0 saturated carbocycles. The molecule has 4 heteroatoms. The van der Waals surface area contributed by atoms with Gasteiger partial charge in [-0.1, -0.05) is 13.8 Å². The van der Waals surface area contributed by atoms with E-state index in [0.717, 1.165) is 19.4 Å². The Morgan fingerprint density at radius 1 is 1.25 bits per heavy atom. The zero-order valence-corrected chi connectivity index (χ0v) is 11.7. The lowest BCUT2D eigenvalue weighted by atomic mass is 10.0. The third-order valence-corrected chi connectivity index (χ3v) is 2.42. The Balaban J connectivity index is 0. The van der Waals surface area contributed by atoms with E-state index in [2.05, 4.69) is 0 Å². The van der Waals surface area contributed by atoms with Gasteiger partial charge in [-0.15, -0.1) is 0 Å². The van der Waals surface area contributed by atoms with Crippen molar-refractivity contribution in [1.82, 2.24) is 4.90 Å². The smallest absolute Gasteiger partial charge is 0.151 e. The molecule has 0 heterocycles. The van der Waals surface area contributed by atoms with Crippen molar-refractivity contribution in [2.75, 3.05) is 27.2 Å². The molecule has 0 aliphatic heterocycles. The number of likely N-dealkylation sites (N-methyl/N-ethyl adjacent to an activating group) is 1. The molecule has 100 valence electrons. The molecule has 4 nitrogen and oxygen atoms in total. The van der Waals surface area contributed by atoms with Crippen LogP contribution in [0.4, 0.5) is 0 Å². The molecule has 0 bridgehead atoms. The van der Waals surface area contributed by atoms with Gasteiger partial charge in [-0.2, -0.15) is 0 Å². The molecule has 0 aromatic carbocycles. The average molecular weight is 235 g/mol. The number of nitrogens with zero attached hydrogens (tertiary/aromatic N) is 1. The van der Waals surface area contributed by atoms with Crippen LogP contribution in [0.15, 0.2) is 0 Å². The standard InChI is InChI=1S/C6H15NO2.C6H14O/c1-6(8)9-5-4-7(2)3;1-4-6(3,7)5-2/h6,8H,4-5H2,1-3H3;7H,4-5H2,1-3H3. The first kappa shape index (κ1) is 18.2. The second-order valence-corrected chi connectivity index (χ2v) is 4.48. The Morgan fingerprint density at radius 3 is 1.88 bits per heavy atom. The summed E-state index contributed by atoms with van der Waals surface area (Å²) in [5.74, 6) is 0. The van der Waals surface area contributed by atoms with Crippen LogP contribution in [0.3, 0.4) is 0 Å². The third-order valence-electron chi connectivity index (χ3n) is 2.42. The van der Waals surface area contributed by atoms with E-state index in [-0.39, 0.29) is 0 Å². The van der Waals surface area contributed by atoms with Gasteiger partial charge in [0.2, 0.25) is 0 Å². The van der Waals surface area contributed by atoms with E-state index in [1.807, 2.05) is 39.8 Å². The largest absolute Gasteiger partial charge is 0.390 e. The summed E-state index contributed by atoms with van der Waals surface area (Å²) in [6, 6.07) is 0. The van der Waals surface area contributed by atoms with Gasteiger partial charge < -0.3 is 19.8 Å². The summed E-state index contributed by atoms with van der Waals surface area (Å²) in [7, 11) is 3.93. The lowest BCUT2D eigenvalue weighted by molar-refractivity contribution is -0.0874. The van der Waals surface area contributed by atoms with Crippen LogP contribution in [0.25, 0.3) is 0 Å². The minimum Gasteiger partial charge on any atom is -0.390 e. The van der Waals surface area contributed by atoms with Gasteiger partial charge in [0, 0.05) is 6.54 Å². The molecule has 1 atom stereocenters. The molecule has 0 saturated heterocycles. The van der Waals surface area contributed by atoms with Crippen LogP contribution in [0.1, 0.15) is 40.5 Å². The second kappa shape index (κ2) is 10.0. The van der Waals surface area contributed by atoms with Crippen LogP contribution in [-0.2, 0) is 4.74 Å². The number of hydrogen-bond donors (Lipinski definition) is 2. The Hall–Kier alpha value is -0.160. The van der Waals surface area contributed by atoms with Gasteiger partial charge in [-0.25, -0.2) is 0 Å². The number of rotatable bonds is 6. The Kier molecular flexibility index (Phi) is 11.4. The highest BCUT2D eigenvalue weighted by Crippen LogP contribution is 2.11. The molecule has 16 heavy (non-hydrogen) atoms. The van der Waals surface area contributed by atoms with E-state index >= 15 is 0 Å². The van der Waals surface area contributed by atoms with Gasteiger partial charge in [-0.05, 0) is 40.8 Å². The van der Waals surface area contributed by atoms with Gasteiger partial charge >= 0.3 is 0 Å². The summed E-state index contributed by atoms with van der Waals surface area (Å²) < 4.78 is 4.87. The van der Waals surface area contributed by atoms with Crippen molar-refractivity contribution in [2.24, 2.45) is 0 Å². The first-order valence-corrected chi connectivity index (χ1v) is 5.92. The molecule has 0 fully saturated rings. The van der Waals surface area contributed by atoms with E-state index in [1.165, 1.54) is 0 Å². The molecule has 0 radical (unpaired) electrons. The normalized spacial score (nSPS) is 13.3. The zero-order chi connectivity index (χ0) is 13.2. The molecule has 0 spiro atoms. The van der Waals surface area contributed by atoms with Gasteiger partial charge in [0.15, 0.2) is 6.29 Å². The van der Waals surface area contributed by atoms with Crippen LogP contribution in [0.2, 0.25) is 0 Å². The molecule has 1 unspecified atom stereocenters. The van der Waals surface area contributed by atoms with Crippen LogP contribution in [0.5, 0.6) is 0 Å². The van der Waals surface area contributed by atoms with Gasteiger partial charge in [-0.3, -0.25) is 0 Å². The Labute approximate surface area is 100 Å². The van der Waals surface area contributed by atoms with Gasteiger partial charge in [0.1, 0.15) is 0 Å². The topological polar surface area (TPSA) is 52.9 Å². The van der Waals surface area contributed by atoms with Crippen molar-refractivity contribution in [1.29, 1.82) is 0 Å². The molecular formula is C12H29NO3. The first-order chi connectivity index (χ1) is 7.25. The maximum absolute atomic E-state index is 9.13. The van der Waals surface area contributed by atoms with E-state index in [0.29, 0.717) is 6.61 Å². The van der Waals surface area contributed by atoms with Crippen LogP contribution < -0.4 is 0 Å². The van der Waals surface area contributed by atoms with Gasteiger partial charge in [0.05, 0.1) is 12.2 Å². The van der Waals surface area contributed by atoms with Crippen molar-refractivity contribution in [3.63, 3.8) is 0 Å². The highest BCUT2D eigenvalue weighted by Gasteiger charge is 2.12. The molecule has 2 N–H and O–H groups in total. The first-order valence-electron chi connectivity index (χ1n) is 5.92. The van der Waals surface area contributed by atoms with Crippen molar-refractivity contribution < 1.29 is 14.9 Å². The minimum atomic E-state index is -0.634. The van der Waals surface area contributed by atoms with Crippen LogP contribution >= 0.6 is 0 Å². The van der Waals surface area contributed by atoms with Gasteiger partial charge in [0.25, 0.3) is 0 Å². The monoisotopic (exact) mass is 235 g/mol. The summed E-state index contributed by atoms with van der Waals surface area (Å²) in [6.07, 6.45) is 1.07. The van der Waals surface area contributed by atoms with Crippen molar-refractivity contribution in [3.05, 3.63) is 0 Å². The maximum atomic E-state index is 9.13. The molecule has 0 amide bonds. The zero-order valence-electron chi connectivity index (χ0n) is 11.7. The number of aliphatic hydroxyl groups is 2. The number of aliphatic hydroxyl groups excluding tert-OH is 1. The highest BCUT2D eigenvalue weighted by molar-refractivity contribution is 4.65. The van der Waals surface area contributed by atoms with E-state index in [9.17, 15) is 0 Å². The summed E-state index contributed by atoms with van der Waals surface area (Å²) in [4.78, 5) is 2.00. The highest BCUT2D eigenvalue weighted by atomic mass is 16.6. The van der Waals surface area contributed by atoms with E-state index in [4.69, 9.17) is 14.9 Å². The SMILES string of the molecule is CC(O)OCCN(C)C.CCC(C)(O)CC. The predicted molar refractivity (Wildman–Crippen MR) is 67.4 cm³/mol. The summed E-state index contributed by atoms with van der Waals surface area (Å²) >= 11 is 0. The fourth-order valence-electron chi connectivity index (χ4n) is 0.656. The summed E-state index contributed by atoms with van der Waals surface area (Å²) in [5.41, 5.74) is -0.417. The van der Waals surface area contributed by atoms with Crippen molar-refractivity contribution in [3.8, 4) is 0 Å². The van der Waals surface area contributed by atoms with Crippen LogP contribution in [-0.4, -0.2) is 54.3 Å². The molecular weight excluding hydrogens is 206 g/mol. The fourth-order valence-corrected chi connectivity index (χ4v) is 0.656. The molecule has 0 aromatic heterocycles. The fraction of sp³-hybridized carbons (Fsp3) is 1.00. The summed E-state index contributed by atoms with van der Waals surface area (Å²) in [6.45, 7) is 8.88. The van der Waals surface area contributed by atoms with E-state index < -0.39 is 11.9 Å². The maximum Gasteiger partial charge on any atom is 0.151 e. The Bertz CT molecular complexity index is 133. The lowest BCUT2D eigenvalue weighted by Gasteiger charge is -2.17. The summed E-state index contributed by atoms with van der Waals surface area (Å²) in [5, 5.41) is 17.8. The van der Waals surface area contributed by atoms with Crippen molar-refractivity contribution >= 4 is 0 Å². The van der Waals surface area contributed by atoms with Crippen LogP contribution in [0, 0.1) is 0 Å². The molecule has 0 aliphatic carbocycles. The average Bonchev–Trinajstić information content (AvgIpc) is 2.18. The lowest BCUT2D eigenvalue weighted by Crippen LogP contribution is -2.20. The number of ether oxygens (including phenoxy) is 1. The molecule has 0 aliphatic rings. The van der Waals surface area contributed by atoms with E-state index in [1.54, 1.807) is 6.92 Å². The molecule has 0 aromatic rings. The Morgan fingerprint density at radius 2 is 1.69 bits per heavy atom. The third kappa shape index (κ3) is 16.3. The second-order valence-electron chi connectivity index (χ2n) is 4.48. The molecule has 0 rings (SSSR count). The number of hydrogen-bond acceptors (Lipinski definition) is 4. The van der Waals surface area contributed by atoms with Crippen molar-refractivity contribution in [2.45, 2.75) is 52.4 Å². The quantitative estimate of drug-likeness (QED) is 0.684. The minimum absolute atomic E-state index is 0.417. The predicted octanol–water partition coefficient (Wildman–Crippen LogP) is 1.46.